The summed E-state index contributed by atoms with van der Waals surface area (Å²) in [5, 5.41) is 11.7. The van der Waals surface area contributed by atoms with E-state index in [1.165, 1.54) is 11.1 Å². The zero-order valence-electron chi connectivity index (χ0n) is 20.6. The van der Waals surface area contributed by atoms with Gasteiger partial charge in [-0.3, -0.25) is 9.59 Å². The lowest BCUT2D eigenvalue weighted by Gasteiger charge is -2.56. The molecule has 0 aromatic rings. The van der Waals surface area contributed by atoms with E-state index < -0.39 is 17.2 Å². The zero-order valence-corrected chi connectivity index (χ0v) is 20.6. The number of allylic oxidation sites excluding steroid dienone is 7. The predicted molar refractivity (Wildman–Crippen MR) is 127 cm³/mol. The number of aliphatic hydroxyl groups is 1. The van der Waals surface area contributed by atoms with Crippen LogP contribution in [0.25, 0.3) is 0 Å². The molecule has 0 amide bonds. The van der Waals surface area contributed by atoms with Gasteiger partial charge in [0.15, 0.2) is 11.6 Å². The van der Waals surface area contributed by atoms with Gasteiger partial charge >= 0.3 is 6.18 Å². The number of ketones is 2. The van der Waals surface area contributed by atoms with Crippen LogP contribution >= 0.6 is 0 Å². The van der Waals surface area contributed by atoms with Crippen LogP contribution in [0.1, 0.15) is 78.1 Å². The van der Waals surface area contributed by atoms with E-state index in [1.807, 2.05) is 13.0 Å². The molecule has 3 nitrogen and oxygen atoms in total. The number of carbonyl (C=O) groups excluding carboxylic acids is 2. The second kappa shape index (κ2) is 8.57. The van der Waals surface area contributed by atoms with Crippen LogP contribution in [-0.4, -0.2) is 28.5 Å². The van der Waals surface area contributed by atoms with Crippen molar-refractivity contribution in [2.45, 2.75) is 89.8 Å². The van der Waals surface area contributed by atoms with E-state index in [9.17, 15) is 27.9 Å². The largest absolute Gasteiger partial charge is 0.409 e. The third-order valence-corrected chi connectivity index (χ3v) is 10.0. The molecule has 0 saturated heterocycles. The predicted octanol–water partition coefficient (Wildman–Crippen LogP) is 6.58. The number of hydrogen-bond donors (Lipinski definition) is 1. The number of carbonyl (C=O) groups is 2. The molecule has 0 spiro atoms. The fourth-order valence-corrected chi connectivity index (χ4v) is 8.23. The molecule has 0 aromatic carbocycles. The first-order chi connectivity index (χ1) is 16.4. The highest BCUT2D eigenvalue weighted by molar-refractivity contribution is 5.93. The van der Waals surface area contributed by atoms with Crippen LogP contribution in [0.5, 0.6) is 0 Å². The molecule has 0 heterocycles. The highest BCUT2D eigenvalue weighted by atomic mass is 19.4. The molecule has 1 N–H and O–H groups in total. The third-order valence-electron chi connectivity index (χ3n) is 10.0. The highest BCUT2D eigenvalue weighted by Crippen LogP contribution is 2.67. The minimum Gasteiger partial charge on any atom is -0.385 e. The van der Waals surface area contributed by atoms with Crippen molar-refractivity contribution in [2.75, 3.05) is 0 Å². The van der Waals surface area contributed by atoms with Gasteiger partial charge in [0.1, 0.15) is 0 Å². The van der Waals surface area contributed by atoms with Crippen LogP contribution in [0.4, 0.5) is 13.2 Å². The molecule has 6 unspecified atom stereocenters. The van der Waals surface area contributed by atoms with E-state index in [-0.39, 0.29) is 41.3 Å². The van der Waals surface area contributed by atoms with Gasteiger partial charge in [0.2, 0.25) is 0 Å². The van der Waals surface area contributed by atoms with Crippen molar-refractivity contribution in [3.8, 4) is 0 Å². The monoisotopic (exact) mass is 488 g/mol. The lowest BCUT2D eigenvalue weighted by Crippen LogP contribution is -2.52. The van der Waals surface area contributed by atoms with E-state index in [4.69, 9.17) is 0 Å². The number of Topliss-reactive ketones (excluding diaryl/α,β-unsaturated/α-hetero) is 1. The molecule has 6 heteroatoms. The van der Waals surface area contributed by atoms with Gasteiger partial charge in [-0.25, -0.2) is 0 Å². The van der Waals surface area contributed by atoms with Gasteiger partial charge in [-0.2, -0.15) is 13.2 Å². The smallest absolute Gasteiger partial charge is 0.385 e. The topological polar surface area (TPSA) is 54.4 Å². The van der Waals surface area contributed by atoms with E-state index in [2.05, 4.69) is 6.08 Å². The molecule has 35 heavy (non-hydrogen) atoms. The van der Waals surface area contributed by atoms with E-state index in [0.717, 1.165) is 55.7 Å². The Morgan fingerprint density at radius 3 is 2.54 bits per heavy atom. The van der Waals surface area contributed by atoms with Gasteiger partial charge in [0, 0.05) is 17.9 Å². The van der Waals surface area contributed by atoms with Gasteiger partial charge in [-0.1, -0.05) is 18.6 Å². The summed E-state index contributed by atoms with van der Waals surface area (Å²) in [4.78, 5) is 24.1. The van der Waals surface area contributed by atoms with Gasteiger partial charge in [0.25, 0.3) is 0 Å². The minimum absolute atomic E-state index is 0.107. The van der Waals surface area contributed by atoms with Crippen LogP contribution < -0.4 is 0 Å². The van der Waals surface area contributed by atoms with E-state index in [0.29, 0.717) is 25.7 Å². The lowest BCUT2D eigenvalue weighted by molar-refractivity contribution is -0.115. The van der Waals surface area contributed by atoms with Crippen LogP contribution in [-0.2, 0) is 9.59 Å². The normalized spacial score (nSPS) is 39.7. The van der Waals surface area contributed by atoms with Crippen molar-refractivity contribution in [3.05, 3.63) is 46.6 Å². The molecule has 6 atom stereocenters. The summed E-state index contributed by atoms with van der Waals surface area (Å²) in [5.41, 5.74) is 2.62. The molecular weight excluding hydrogens is 453 g/mol. The molecule has 2 saturated carbocycles. The van der Waals surface area contributed by atoms with Crippen molar-refractivity contribution in [1.82, 2.24) is 0 Å². The Balaban J connectivity index is 1.58. The lowest BCUT2D eigenvalue weighted by atomic mass is 9.49. The third kappa shape index (κ3) is 4.20. The van der Waals surface area contributed by atoms with Crippen molar-refractivity contribution >= 4 is 11.6 Å². The Labute approximate surface area is 205 Å². The summed E-state index contributed by atoms with van der Waals surface area (Å²) in [5.74, 6) is 1.06. The molecule has 0 bridgehead atoms. The number of rotatable bonds is 3. The van der Waals surface area contributed by atoms with E-state index in [1.54, 1.807) is 6.92 Å². The summed E-state index contributed by atoms with van der Waals surface area (Å²) in [6, 6.07) is 0. The maximum atomic E-state index is 13.1. The molecule has 2 fully saturated rings. The van der Waals surface area contributed by atoms with E-state index >= 15 is 0 Å². The average molecular weight is 489 g/mol. The Morgan fingerprint density at radius 2 is 1.89 bits per heavy atom. The van der Waals surface area contributed by atoms with Crippen LogP contribution in [0.2, 0.25) is 0 Å². The van der Waals surface area contributed by atoms with Gasteiger partial charge in [-0.15, -0.1) is 0 Å². The first-order valence-corrected chi connectivity index (χ1v) is 13.1. The van der Waals surface area contributed by atoms with Crippen molar-refractivity contribution < 1.29 is 27.9 Å². The van der Waals surface area contributed by atoms with Crippen molar-refractivity contribution in [2.24, 2.45) is 29.1 Å². The number of halogens is 3. The SMILES string of the molecule is CC(=O)C1=CCC(C2CC3(C)C(CCC3(O)C=CC(F)(F)F)C3CCC4=CC(=O)CCC4=C23)CC1. The van der Waals surface area contributed by atoms with Crippen LogP contribution in [0.15, 0.2) is 46.6 Å². The summed E-state index contributed by atoms with van der Waals surface area (Å²) in [7, 11) is 0. The van der Waals surface area contributed by atoms with Gasteiger partial charge in [0.05, 0.1) is 5.60 Å². The van der Waals surface area contributed by atoms with Crippen LogP contribution in [0.3, 0.4) is 0 Å². The summed E-state index contributed by atoms with van der Waals surface area (Å²) in [6.45, 7) is 3.61. The second-order valence-corrected chi connectivity index (χ2v) is 11.7. The molecule has 0 aliphatic heterocycles. The second-order valence-electron chi connectivity index (χ2n) is 11.7. The minimum atomic E-state index is -4.46. The summed E-state index contributed by atoms with van der Waals surface area (Å²) < 4.78 is 39.3. The number of fused-ring (bicyclic) bond motifs is 4. The Hall–Kier alpha value is -1.95. The number of alkyl halides is 3. The first kappa shape index (κ1) is 24.7. The fourth-order valence-electron chi connectivity index (χ4n) is 8.23. The Bertz CT molecular complexity index is 1060. The molecule has 190 valence electrons. The molecule has 5 rings (SSSR count). The standard InChI is InChI=1S/C29H35F3O3/c1-17(33)18-3-5-19(6-4-18)24-16-27(2)25(11-12-28(27,35)13-14-29(30,31)32)23-9-7-20-15-21(34)8-10-22(20)26(23)24/h3,13-15,19,23-25,35H,4-12,16H2,1-2H3. The molecule has 0 radical (unpaired) electrons. The summed E-state index contributed by atoms with van der Waals surface area (Å²) >= 11 is 0. The molecule has 0 aromatic heterocycles. The quantitative estimate of drug-likeness (QED) is 0.457. The maximum absolute atomic E-state index is 13.1. The first-order valence-electron chi connectivity index (χ1n) is 13.1. The van der Waals surface area contributed by atoms with Gasteiger partial charge < -0.3 is 5.11 Å². The molecule has 5 aliphatic carbocycles. The molecule has 5 aliphatic rings. The Morgan fingerprint density at radius 1 is 1.11 bits per heavy atom. The van der Waals surface area contributed by atoms with Crippen LogP contribution in [0, 0.1) is 29.1 Å². The summed E-state index contributed by atoms with van der Waals surface area (Å²) in [6.07, 6.45) is 7.70. The highest BCUT2D eigenvalue weighted by Gasteiger charge is 2.62. The zero-order chi connectivity index (χ0) is 25.2. The fraction of sp³-hybridized carbons (Fsp3) is 0.655. The van der Waals surface area contributed by atoms with Gasteiger partial charge in [-0.05, 0) is 117 Å². The maximum Gasteiger partial charge on any atom is 0.409 e. The average Bonchev–Trinajstić information content (AvgIpc) is 3.07. The Kier molecular flexibility index (Phi) is 6.05. The number of hydrogen-bond acceptors (Lipinski definition) is 3. The van der Waals surface area contributed by atoms with Crippen molar-refractivity contribution in [3.63, 3.8) is 0 Å². The van der Waals surface area contributed by atoms with Crippen molar-refractivity contribution in [1.29, 1.82) is 0 Å². The molecular formula is C29H35F3O3.